The minimum absolute atomic E-state index is 0.0290. The van der Waals surface area contributed by atoms with Crippen LogP contribution in [0.2, 0.25) is 0 Å². The van der Waals surface area contributed by atoms with Gasteiger partial charge < -0.3 is 14.6 Å². The maximum atomic E-state index is 12.5. The fourth-order valence-electron chi connectivity index (χ4n) is 1.95. The lowest BCUT2D eigenvalue weighted by atomic mass is 10.2. The first kappa shape index (κ1) is 14.5. The van der Waals surface area contributed by atoms with Crippen molar-refractivity contribution in [2.45, 2.75) is 11.4 Å². The summed E-state index contributed by atoms with van der Waals surface area (Å²) in [5.74, 6) is 0.349. The average molecular weight is 324 g/mol. The van der Waals surface area contributed by atoms with Crippen LogP contribution in [0, 0.1) is 0 Å². The molecule has 1 aromatic carbocycles. The largest absolute Gasteiger partial charge is 0.482 e. The minimum atomic E-state index is -3.76. The molecule has 0 saturated carbocycles. The Morgan fingerprint density at radius 2 is 2.23 bits per heavy atom. The number of sulfonamides is 1. The van der Waals surface area contributed by atoms with Crippen LogP contribution < -0.4 is 10.1 Å². The summed E-state index contributed by atoms with van der Waals surface area (Å²) in [5.41, 5.74) is 0.324. The van der Waals surface area contributed by atoms with Crippen molar-refractivity contribution in [1.29, 1.82) is 0 Å². The van der Waals surface area contributed by atoms with Gasteiger partial charge in [-0.2, -0.15) is 9.29 Å². The molecule has 0 fully saturated rings. The number of nitrogens with one attached hydrogen (secondary N) is 1. The van der Waals surface area contributed by atoms with E-state index in [0.717, 1.165) is 10.7 Å². The highest BCUT2D eigenvalue weighted by atomic mass is 32.2. The monoisotopic (exact) mass is 324 g/mol. The normalized spacial score (nSPS) is 14.4. The lowest BCUT2D eigenvalue weighted by molar-refractivity contribution is -0.118. The first-order chi connectivity index (χ1) is 10.5. The van der Waals surface area contributed by atoms with Gasteiger partial charge in [0.15, 0.2) is 12.4 Å². The summed E-state index contributed by atoms with van der Waals surface area (Å²) in [6.07, 6.45) is 1.13. The molecular weight excluding hydrogens is 312 g/mol. The SMILES string of the molecule is CN(Cc1ncon1)S(=O)(=O)c1ccc2c(c1)NC(=O)CO2. The molecule has 116 valence electrons. The fourth-order valence-corrected chi connectivity index (χ4v) is 3.10. The standard InChI is InChI=1S/C12H12N4O5S/c1-16(5-11-13-7-21-15-11)22(18,19)8-2-3-10-9(4-8)14-12(17)6-20-10/h2-4,7H,5-6H2,1H3,(H,14,17). The quantitative estimate of drug-likeness (QED) is 0.855. The molecule has 9 nitrogen and oxygen atoms in total. The van der Waals surface area contributed by atoms with Gasteiger partial charge in [0.2, 0.25) is 16.4 Å². The zero-order valence-corrected chi connectivity index (χ0v) is 12.3. The number of carbonyl (C=O) groups excluding carboxylic acids is 1. The van der Waals surface area contributed by atoms with E-state index >= 15 is 0 Å². The van der Waals surface area contributed by atoms with E-state index in [1.54, 1.807) is 0 Å². The van der Waals surface area contributed by atoms with Crippen molar-refractivity contribution in [2.75, 3.05) is 19.0 Å². The zero-order chi connectivity index (χ0) is 15.7. The topological polar surface area (TPSA) is 115 Å². The molecule has 0 saturated heterocycles. The molecule has 1 aliphatic heterocycles. The molecule has 10 heteroatoms. The average Bonchev–Trinajstić information content (AvgIpc) is 2.99. The third-order valence-corrected chi connectivity index (χ3v) is 4.86. The van der Waals surface area contributed by atoms with E-state index in [-0.39, 0.29) is 29.8 Å². The zero-order valence-electron chi connectivity index (χ0n) is 11.5. The smallest absolute Gasteiger partial charge is 0.262 e. The van der Waals surface area contributed by atoms with Crippen LogP contribution in [0.25, 0.3) is 0 Å². The Labute approximate surface area is 125 Å². The Morgan fingerprint density at radius 3 is 2.95 bits per heavy atom. The summed E-state index contributed by atoms with van der Waals surface area (Å²) < 4.78 is 35.9. The highest BCUT2D eigenvalue weighted by Crippen LogP contribution is 2.31. The van der Waals surface area contributed by atoms with Gasteiger partial charge in [-0.25, -0.2) is 8.42 Å². The minimum Gasteiger partial charge on any atom is -0.482 e. The molecule has 1 amide bonds. The van der Waals surface area contributed by atoms with E-state index in [4.69, 9.17) is 4.74 Å². The molecule has 3 rings (SSSR count). The predicted octanol–water partition coefficient (Wildman–Crippen LogP) is 0.221. The molecule has 2 aromatic rings. The third kappa shape index (κ3) is 2.65. The van der Waals surface area contributed by atoms with Gasteiger partial charge in [0.1, 0.15) is 5.75 Å². The van der Waals surface area contributed by atoms with Crippen molar-refractivity contribution >= 4 is 21.6 Å². The molecule has 0 aliphatic carbocycles. The number of anilines is 1. The van der Waals surface area contributed by atoms with E-state index in [2.05, 4.69) is 20.0 Å². The summed E-state index contributed by atoms with van der Waals surface area (Å²) in [7, 11) is -2.36. The van der Waals surface area contributed by atoms with E-state index < -0.39 is 10.0 Å². The number of amides is 1. The van der Waals surface area contributed by atoms with Crippen molar-refractivity contribution in [3.63, 3.8) is 0 Å². The Morgan fingerprint density at radius 1 is 1.41 bits per heavy atom. The lowest BCUT2D eigenvalue weighted by Gasteiger charge is -2.20. The Kier molecular flexibility index (Phi) is 3.54. The molecule has 0 atom stereocenters. The van der Waals surface area contributed by atoms with Gasteiger partial charge in [-0.15, -0.1) is 0 Å². The maximum Gasteiger partial charge on any atom is 0.262 e. The number of nitrogens with zero attached hydrogens (tertiary/aromatic N) is 3. The maximum absolute atomic E-state index is 12.5. The molecule has 0 radical (unpaired) electrons. The highest BCUT2D eigenvalue weighted by molar-refractivity contribution is 7.89. The Hall–Kier alpha value is -2.46. The van der Waals surface area contributed by atoms with Crippen LogP contribution in [0.4, 0.5) is 5.69 Å². The van der Waals surface area contributed by atoms with E-state index in [0.29, 0.717) is 11.4 Å². The number of benzene rings is 1. The number of hydrogen-bond donors (Lipinski definition) is 1. The van der Waals surface area contributed by atoms with Crippen molar-refractivity contribution in [1.82, 2.24) is 14.4 Å². The molecular formula is C12H12N4O5S. The van der Waals surface area contributed by atoms with Crippen LogP contribution in [0.1, 0.15) is 5.82 Å². The second kappa shape index (κ2) is 5.39. The van der Waals surface area contributed by atoms with Crippen LogP contribution in [-0.4, -0.2) is 42.4 Å². The summed E-state index contributed by atoms with van der Waals surface area (Å²) in [6.45, 7) is -0.115. The van der Waals surface area contributed by atoms with Gasteiger partial charge in [0, 0.05) is 7.05 Å². The molecule has 1 aromatic heterocycles. The fraction of sp³-hybridized carbons (Fsp3) is 0.250. The van der Waals surface area contributed by atoms with Crippen molar-refractivity contribution in [2.24, 2.45) is 0 Å². The van der Waals surface area contributed by atoms with Crippen molar-refractivity contribution < 1.29 is 22.5 Å². The van der Waals surface area contributed by atoms with E-state index in [9.17, 15) is 13.2 Å². The lowest BCUT2D eigenvalue weighted by Crippen LogP contribution is -2.28. The molecule has 1 aliphatic rings. The van der Waals surface area contributed by atoms with Gasteiger partial charge in [0.25, 0.3) is 5.91 Å². The van der Waals surface area contributed by atoms with Crippen LogP contribution in [0.15, 0.2) is 34.0 Å². The number of fused-ring (bicyclic) bond motifs is 1. The summed E-state index contributed by atoms with van der Waals surface area (Å²) >= 11 is 0. The molecule has 22 heavy (non-hydrogen) atoms. The van der Waals surface area contributed by atoms with Gasteiger partial charge in [0.05, 0.1) is 17.1 Å². The van der Waals surface area contributed by atoms with Crippen LogP contribution in [-0.2, 0) is 21.4 Å². The number of carbonyl (C=O) groups is 1. The predicted molar refractivity (Wildman–Crippen MR) is 73.5 cm³/mol. The molecule has 0 bridgehead atoms. The first-order valence-electron chi connectivity index (χ1n) is 6.25. The van der Waals surface area contributed by atoms with E-state index in [1.807, 2.05) is 0 Å². The second-order valence-corrected chi connectivity index (χ2v) is 6.65. The molecule has 2 heterocycles. The number of ether oxygens (including phenoxy) is 1. The van der Waals surface area contributed by atoms with E-state index in [1.165, 1.54) is 25.2 Å². The molecule has 0 spiro atoms. The van der Waals surface area contributed by atoms with Crippen molar-refractivity contribution in [3.05, 3.63) is 30.4 Å². The molecule has 1 N–H and O–H groups in total. The number of hydrogen-bond acceptors (Lipinski definition) is 7. The second-order valence-electron chi connectivity index (χ2n) is 4.60. The van der Waals surface area contributed by atoms with Crippen molar-refractivity contribution in [3.8, 4) is 5.75 Å². The van der Waals surface area contributed by atoms with Crippen LogP contribution in [0.5, 0.6) is 5.75 Å². The van der Waals surface area contributed by atoms with Crippen LogP contribution >= 0.6 is 0 Å². The van der Waals surface area contributed by atoms with Gasteiger partial charge in [-0.05, 0) is 18.2 Å². The van der Waals surface area contributed by atoms with Gasteiger partial charge in [-0.1, -0.05) is 5.16 Å². The van der Waals surface area contributed by atoms with Gasteiger partial charge in [-0.3, -0.25) is 4.79 Å². The highest BCUT2D eigenvalue weighted by Gasteiger charge is 2.25. The summed E-state index contributed by atoms with van der Waals surface area (Å²) in [5, 5.41) is 6.14. The summed E-state index contributed by atoms with van der Waals surface area (Å²) in [6, 6.07) is 4.27. The van der Waals surface area contributed by atoms with Crippen LogP contribution in [0.3, 0.4) is 0 Å². The Balaban J connectivity index is 1.88. The number of rotatable bonds is 4. The summed E-state index contributed by atoms with van der Waals surface area (Å²) in [4.78, 5) is 15.1. The first-order valence-corrected chi connectivity index (χ1v) is 7.69. The Bertz CT molecular complexity index is 803. The van der Waals surface area contributed by atoms with Gasteiger partial charge >= 0.3 is 0 Å². The molecule has 0 unspecified atom stereocenters. The third-order valence-electron chi connectivity index (χ3n) is 3.06. The number of aromatic nitrogens is 2.